The molecular formula is C10H11ClN2O3. The summed E-state index contributed by atoms with van der Waals surface area (Å²) < 4.78 is 5.04. The summed E-state index contributed by atoms with van der Waals surface area (Å²) in [5.74, 6) is -0.422. The molecule has 3 N–H and O–H groups in total. The highest BCUT2D eigenvalue weighted by Crippen LogP contribution is 2.15. The number of carbonyl (C=O) groups excluding carboxylic acids is 2. The van der Waals surface area contributed by atoms with Crippen molar-refractivity contribution in [2.24, 2.45) is 5.73 Å². The minimum Gasteiger partial charge on any atom is -0.484 e. The highest BCUT2D eigenvalue weighted by molar-refractivity contribution is 6.29. The van der Waals surface area contributed by atoms with Crippen LogP contribution in [0.4, 0.5) is 5.69 Å². The molecule has 0 spiro atoms. The monoisotopic (exact) mass is 242 g/mol. The lowest BCUT2D eigenvalue weighted by atomic mass is 10.3. The molecule has 0 unspecified atom stereocenters. The first-order valence-corrected chi connectivity index (χ1v) is 5.02. The molecule has 6 heteroatoms. The van der Waals surface area contributed by atoms with Crippen LogP contribution in [0.25, 0.3) is 0 Å². The van der Waals surface area contributed by atoms with Crippen molar-refractivity contribution in [3.8, 4) is 5.75 Å². The number of alkyl halides is 1. The molecule has 5 nitrogen and oxygen atoms in total. The number of carbonyl (C=O) groups is 2. The standard InChI is InChI=1S/C10H11ClN2O3/c11-5-10(15)13-7-1-3-8(4-2-7)16-6-9(12)14/h1-4H,5-6H2,(H2,12,14)(H,13,15). The van der Waals surface area contributed by atoms with E-state index in [9.17, 15) is 9.59 Å². The molecule has 0 aliphatic heterocycles. The third-order valence-corrected chi connectivity index (χ3v) is 1.88. The van der Waals surface area contributed by atoms with Crippen LogP contribution in [0, 0.1) is 0 Å². The Kier molecular flexibility index (Phi) is 4.60. The minimum atomic E-state index is -0.542. The lowest BCUT2D eigenvalue weighted by Gasteiger charge is -2.05. The van der Waals surface area contributed by atoms with E-state index in [1.54, 1.807) is 24.3 Å². The number of anilines is 1. The van der Waals surface area contributed by atoms with E-state index in [0.29, 0.717) is 11.4 Å². The average molecular weight is 243 g/mol. The number of ether oxygens (including phenoxy) is 1. The summed E-state index contributed by atoms with van der Waals surface area (Å²) in [7, 11) is 0. The molecule has 0 aliphatic rings. The summed E-state index contributed by atoms with van der Waals surface area (Å²) in [5, 5.41) is 2.57. The molecule has 0 saturated carbocycles. The van der Waals surface area contributed by atoms with E-state index in [2.05, 4.69) is 5.32 Å². The quantitative estimate of drug-likeness (QED) is 0.747. The summed E-state index contributed by atoms with van der Waals surface area (Å²) >= 11 is 5.33. The Hall–Kier alpha value is -1.75. The van der Waals surface area contributed by atoms with Crippen molar-refractivity contribution >= 4 is 29.1 Å². The van der Waals surface area contributed by atoms with Crippen LogP contribution in [0.15, 0.2) is 24.3 Å². The number of hydrogen-bond acceptors (Lipinski definition) is 3. The maximum absolute atomic E-state index is 10.9. The Bertz CT molecular complexity index is 378. The van der Waals surface area contributed by atoms with Crippen LogP contribution in [0.3, 0.4) is 0 Å². The lowest BCUT2D eigenvalue weighted by molar-refractivity contribution is -0.120. The van der Waals surface area contributed by atoms with Crippen LogP contribution in [-0.4, -0.2) is 24.3 Å². The molecule has 1 rings (SSSR count). The van der Waals surface area contributed by atoms with Gasteiger partial charge in [-0.1, -0.05) is 0 Å². The van der Waals surface area contributed by atoms with Gasteiger partial charge in [-0.05, 0) is 24.3 Å². The Morgan fingerprint density at radius 1 is 1.31 bits per heavy atom. The van der Waals surface area contributed by atoms with Gasteiger partial charge in [0.25, 0.3) is 5.91 Å². The second kappa shape index (κ2) is 5.97. The second-order valence-electron chi connectivity index (χ2n) is 2.96. The molecule has 0 heterocycles. The minimum absolute atomic E-state index is 0.0973. The summed E-state index contributed by atoms with van der Waals surface area (Å²) in [4.78, 5) is 21.4. The summed E-state index contributed by atoms with van der Waals surface area (Å²) in [6.45, 7) is -0.173. The number of nitrogens with one attached hydrogen (secondary N) is 1. The van der Waals surface area contributed by atoms with E-state index in [-0.39, 0.29) is 18.4 Å². The zero-order valence-corrected chi connectivity index (χ0v) is 9.16. The van der Waals surface area contributed by atoms with E-state index in [1.807, 2.05) is 0 Å². The van der Waals surface area contributed by atoms with Crippen LogP contribution < -0.4 is 15.8 Å². The Balaban J connectivity index is 2.54. The highest BCUT2D eigenvalue weighted by Gasteiger charge is 2.01. The fourth-order valence-electron chi connectivity index (χ4n) is 0.983. The maximum Gasteiger partial charge on any atom is 0.255 e. The van der Waals surface area contributed by atoms with Gasteiger partial charge < -0.3 is 15.8 Å². The Morgan fingerprint density at radius 2 is 1.94 bits per heavy atom. The van der Waals surface area contributed by atoms with Gasteiger partial charge in [0.2, 0.25) is 5.91 Å². The first-order chi connectivity index (χ1) is 7.61. The molecular weight excluding hydrogens is 232 g/mol. The predicted molar refractivity (Wildman–Crippen MR) is 60.5 cm³/mol. The van der Waals surface area contributed by atoms with Crippen molar-refractivity contribution in [2.45, 2.75) is 0 Å². The van der Waals surface area contributed by atoms with E-state index in [4.69, 9.17) is 22.1 Å². The van der Waals surface area contributed by atoms with Crippen LogP contribution in [0.1, 0.15) is 0 Å². The molecule has 0 radical (unpaired) electrons. The molecule has 0 saturated heterocycles. The fraction of sp³-hybridized carbons (Fsp3) is 0.200. The Labute approximate surface area is 97.5 Å². The van der Waals surface area contributed by atoms with Crippen LogP contribution in [-0.2, 0) is 9.59 Å². The number of rotatable bonds is 5. The first-order valence-electron chi connectivity index (χ1n) is 4.49. The van der Waals surface area contributed by atoms with E-state index >= 15 is 0 Å². The molecule has 0 aliphatic carbocycles. The van der Waals surface area contributed by atoms with Crippen LogP contribution >= 0.6 is 11.6 Å². The Morgan fingerprint density at radius 3 is 2.44 bits per heavy atom. The van der Waals surface area contributed by atoms with Gasteiger partial charge in [0.1, 0.15) is 11.6 Å². The summed E-state index contributed by atoms with van der Waals surface area (Å²) in [6, 6.07) is 6.52. The van der Waals surface area contributed by atoms with Gasteiger partial charge in [0, 0.05) is 5.69 Å². The highest BCUT2D eigenvalue weighted by atomic mass is 35.5. The van der Waals surface area contributed by atoms with Gasteiger partial charge in [-0.3, -0.25) is 9.59 Å². The van der Waals surface area contributed by atoms with Gasteiger partial charge >= 0.3 is 0 Å². The van der Waals surface area contributed by atoms with Gasteiger partial charge in [-0.15, -0.1) is 11.6 Å². The van der Waals surface area contributed by atoms with E-state index in [0.717, 1.165) is 0 Å². The number of hydrogen-bond donors (Lipinski definition) is 2. The number of benzene rings is 1. The molecule has 0 fully saturated rings. The average Bonchev–Trinajstić information content (AvgIpc) is 2.28. The third kappa shape index (κ3) is 4.18. The van der Waals surface area contributed by atoms with Crippen molar-refractivity contribution in [3.63, 3.8) is 0 Å². The van der Waals surface area contributed by atoms with Crippen molar-refractivity contribution < 1.29 is 14.3 Å². The molecule has 2 amide bonds. The van der Waals surface area contributed by atoms with Crippen molar-refractivity contribution in [1.82, 2.24) is 0 Å². The van der Waals surface area contributed by atoms with Crippen molar-refractivity contribution in [2.75, 3.05) is 17.8 Å². The smallest absolute Gasteiger partial charge is 0.255 e. The molecule has 1 aromatic rings. The molecule has 0 bridgehead atoms. The maximum atomic E-state index is 10.9. The zero-order chi connectivity index (χ0) is 12.0. The van der Waals surface area contributed by atoms with E-state index in [1.165, 1.54) is 0 Å². The normalized spacial score (nSPS) is 9.56. The van der Waals surface area contributed by atoms with Gasteiger partial charge in [-0.25, -0.2) is 0 Å². The second-order valence-corrected chi connectivity index (χ2v) is 3.23. The number of halogens is 1. The fourth-order valence-corrected chi connectivity index (χ4v) is 1.05. The first kappa shape index (κ1) is 12.3. The van der Waals surface area contributed by atoms with Gasteiger partial charge in [0.05, 0.1) is 0 Å². The largest absolute Gasteiger partial charge is 0.484 e. The van der Waals surface area contributed by atoms with Crippen LogP contribution in [0.2, 0.25) is 0 Å². The van der Waals surface area contributed by atoms with Gasteiger partial charge in [-0.2, -0.15) is 0 Å². The zero-order valence-electron chi connectivity index (χ0n) is 8.40. The number of primary amides is 1. The summed E-state index contributed by atoms with van der Waals surface area (Å²) in [6.07, 6.45) is 0. The number of amides is 2. The molecule has 86 valence electrons. The lowest BCUT2D eigenvalue weighted by Crippen LogP contribution is -2.20. The molecule has 0 aromatic heterocycles. The molecule has 1 aromatic carbocycles. The van der Waals surface area contributed by atoms with Crippen molar-refractivity contribution in [1.29, 1.82) is 0 Å². The number of nitrogens with two attached hydrogens (primary N) is 1. The SMILES string of the molecule is NC(=O)COc1ccc(NC(=O)CCl)cc1. The molecule has 0 atom stereocenters. The van der Waals surface area contributed by atoms with Crippen molar-refractivity contribution in [3.05, 3.63) is 24.3 Å². The molecule has 16 heavy (non-hydrogen) atoms. The third-order valence-electron chi connectivity index (χ3n) is 1.64. The van der Waals surface area contributed by atoms with E-state index < -0.39 is 5.91 Å². The van der Waals surface area contributed by atoms with Crippen LogP contribution in [0.5, 0.6) is 5.75 Å². The predicted octanol–water partition coefficient (Wildman–Crippen LogP) is 0.728. The summed E-state index contributed by atoms with van der Waals surface area (Å²) in [5.41, 5.74) is 5.53. The topological polar surface area (TPSA) is 81.4 Å². The van der Waals surface area contributed by atoms with Gasteiger partial charge in [0.15, 0.2) is 6.61 Å².